The molecule has 114 valence electrons. The summed E-state index contributed by atoms with van der Waals surface area (Å²) in [6.07, 6.45) is 1.66. The fourth-order valence-electron chi connectivity index (χ4n) is 1.86. The number of sulfone groups is 1. The van der Waals surface area contributed by atoms with Gasteiger partial charge in [0.1, 0.15) is 12.4 Å². The Morgan fingerprint density at radius 1 is 1.24 bits per heavy atom. The minimum atomic E-state index is -3.19. The predicted molar refractivity (Wildman–Crippen MR) is 85.2 cm³/mol. The van der Waals surface area contributed by atoms with Crippen LogP contribution >= 0.6 is 0 Å². The number of nitrogen functional groups attached to an aromatic ring is 1. The summed E-state index contributed by atoms with van der Waals surface area (Å²) in [4.78, 5) is 4.21. The Balaban J connectivity index is 2.17. The molecule has 0 aliphatic heterocycles. The number of hydrogen-bond donors (Lipinski definition) is 1. The number of benzene rings is 1. The van der Waals surface area contributed by atoms with Gasteiger partial charge in [-0.15, -0.1) is 0 Å². The molecule has 0 amide bonds. The minimum absolute atomic E-state index is 0.0252. The Hall–Kier alpha value is -1.82. The van der Waals surface area contributed by atoms with Gasteiger partial charge in [0.2, 0.25) is 0 Å². The molecule has 0 unspecified atom stereocenters. The molecule has 0 atom stereocenters. The number of pyridine rings is 1. The number of aromatic nitrogens is 1. The van der Waals surface area contributed by atoms with Gasteiger partial charge < -0.3 is 10.5 Å². The van der Waals surface area contributed by atoms with E-state index >= 15 is 0 Å². The van der Waals surface area contributed by atoms with Crippen molar-refractivity contribution in [3.63, 3.8) is 0 Å². The predicted octanol–water partition coefficient (Wildman–Crippen LogP) is 2.41. The molecule has 0 aliphatic carbocycles. The molecule has 6 heteroatoms. The number of hydrogen-bond acceptors (Lipinski definition) is 5. The molecule has 5 nitrogen and oxygen atoms in total. The number of nitrogens with two attached hydrogens (primary N) is 1. The van der Waals surface area contributed by atoms with Crippen LogP contribution in [-0.2, 0) is 9.84 Å². The molecule has 0 aliphatic rings. The lowest BCUT2D eigenvalue weighted by atomic mass is 10.2. The van der Waals surface area contributed by atoms with Crippen molar-refractivity contribution in [1.29, 1.82) is 0 Å². The van der Waals surface area contributed by atoms with Crippen LogP contribution in [-0.4, -0.2) is 30.5 Å². The first-order valence-corrected chi connectivity index (χ1v) is 8.36. The number of fused-ring (bicyclic) bond motifs is 1. The van der Waals surface area contributed by atoms with E-state index in [1.807, 2.05) is 6.07 Å². The van der Waals surface area contributed by atoms with E-state index in [4.69, 9.17) is 10.5 Å². The molecule has 2 aromatic rings. The van der Waals surface area contributed by atoms with Crippen molar-refractivity contribution < 1.29 is 13.2 Å². The highest BCUT2D eigenvalue weighted by Crippen LogP contribution is 2.28. The molecule has 0 bridgehead atoms. The number of anilines is 1. The average Bonchev–Trinajstić information content (AvgIpc) is 2.40. The van der Waals surface area contributed by atoms with Gasteiger partial charge in [0.15, 0.2) is 9.84 Å². The summed E-state index contributed by atoms with van der Waals surface area (Å²) >= 11 is 0. The molecule has 0 spiro atoms. The van der Waals surface area contributed by atoms with Crippen molar-refractivity contribution in [1.82, 2.24) is 4.98 Å². The Kier molecular flexibility index (Phi) is 4.09. The lowest BCUT2D eigenvalue weighted by Crippen LogP contribution is -2.32. The van der Waals surface area contributed by atoms with Crippen LogP contribution in [0.1, 0.15) is 20.8 Å². The lowest BCUT2D eigenvalue weighted by Gasteiger charge is -2.19. The molecule has 21 heavy (non-hydrogen) atoms. The van der Waals surface area contributed by atoms with Crippen molar-refractivity contribution >= 4 is 26.4 Å². The summed E-state index contributed by atoms with van der Waals surface area (Å²) in [6.45, 7) is 5.16. The van der Waals surface area contributed by atoms with Gasteiger partial charge in [-0.1, -0.05) is 0 Å². The second-order valence-corrected chi connectivity index (χ2v) is 8.69. The zero-order chi connectivity index (χ0) is 15.7. The Labute approximate surface area is 125 Å². The maximum atomic E-state index is 12.0. The standard InChI is InChI=1S/C15H20N2O3S/c1-15(2,3)21(18,19)10-9-20-13-7-6-12(16)14-11(13)5-4-8-17-14/h4-8H,9-10,16H2,1-3H3. The first-order chi connectivity index (χ1) is 9.72. The van der Waals surface area contributed by atoms with Crippen LogP contribution in [0.5, 0.6) is 5.75 Å². The van der Waals surface area contributed by atoms with Crippen molar-refractivity contribution in [3.05, 3.63) is 30.5 Å². The molecular formula is C15H20N2O3S. The average molecular weight is 308 g/mol. The highest BCUT2D eigenvalue weighted by Gasteiger charge is 2.28. The fourth-order valence-corrected chi connectivity index (χ4v) is 2.78. The molecule has 2 N–H and O–H groups in total. The third kappa shape index (κ3) is 3.26. The summed E-state index contributed by atoms with van der Waals surface area (Å²) in [5.41, 5.74) is 7.10. The second kappa shape index (κ2) is 5.52. The van der Waals surface area contributed by atoms with Crippen molar-refractivity contribution in [3.8, 4) is 5.75 Å². The molecular weight excluding hydrogens is 288 g/mol. The molecule has 1 aromatic carbocycles. The van der Waals surface area contributed by atoms with Crippen LogP contribution in [0.2, 0.25) is 0 Å². The number of ether oxygens (including phenoxy) is 1. The monoisotopic (exact) mass is 308 g/mol. The third-order valence-corrected chi connectivity index (χ3v) is 5.87. The summed E-state index contributed by atoms with van der Waals surface area (Å²) in [6, 6.07) is 7.10. The van der Waals surface area contributed by atoms with Crippen molar-refractivity contribution in [2.75, 3.05) is 18.1 Å². The quantitative estimate of drug-likeness (QED) is 0.877. The van der Waals surface area contributed by atoms with Gasteiger partial charge in [0.05, 0.1) is 21.7 Å². The van der Waals surface area contributed by atoms with Crippen LogP contribution in [0.25, 0.3) is 10.9 Å². The highest BCUT2D eigenvalue weighted by molar-refractivity contribution is 7.92. The van der Waals surface area contributed by atoms with Gasteiger partial charge in [-0.05, 0) is 45.0 Å². The topological polar surface area (TPSA) is 82.3 Å². The van der Waals surface area contributed by atoms with E-state index in [0.717, 1.165) is 5.39 Å². The van der Waals surface area contributed by atoms with Crippen molar-refractivity contribution in [2.24, 2.45) is 0 Å². The summed E-state index contributed by atoms with van der Waals surface area (Å²) in [5, 5.41) is 0.783. The Bertz CT molecular complexity index is 749. The minimum Gasteiger partial charge on any atom is -0.492 e. The van der Waals surface area contributed by atoms with Gasteiger partial charge in [0, 0.05) is 11.6 Å². The van der Waals surface area contributed by atoms with Crippen LogP contribution in [0.3, 0.4) is 0 Å². The van der Waals surface area contributed by atoms with E-state index < -0.39 is 14.6 Å². The van der Waals surface area contributed by atoms with E-state index in [2.05, 4.69) is 4.98 Å². The molecule has 0 saturated carbocycles. The SMILES string of the molecule is CC(C)(C)S(=O)(=O)CCOc1ccc(N)c2ncccc12. The zero-order valence-electron chi connectivity index (χ0n) is 12.5. The summed E-state index contributed by atoms with van der Waals surface area (Å²) in [5.74, 6) is 0.569. The highest BCUT2D eigenvalue weighted by atomic mass is 32.2. The molecule has 1 aromatic heterocycles. The maximum Gasteiger partial charge on any atom is 0.158 e. The van der Waals surface area contributed by atoms with Crippen LogP contribution in [0.15, 0.2) is 30.5 Å². The number of nitrogens with zero attached hydrogens (tertiary/aromatic N) is 1. The molecule has 0 fully saturated rings. The van der Waals surface area contributed by atoms with Crippen LogP contribution < -0.4 is 10.5 Å². The van der Waals surface area contributed by atoms with Gasteiger partial charge >= 0.3 is 0 Å². The maximum absolute atomic E-state index is 12.0. The smallest absolute Gasteiger partial charge is 0.158 e. The van der Waals surface area contributed by atoms with E-state index in [1.165, 1.54) is 0 Å². The van der Waals surface area contributed by atoms with Crippen molar-refractivity contribution in [2.45, 2.75) is 25.5 Å². The zero-order valence-corrected chi connectivity index (χ0v) is 13.3. The largest absolute Gasteiger partial charge is 0.492 e. The first kappa shape index (κ1) is 15.6. The van der Waals surface area contributed by atoms with Crippen LogP contribution in [0, 0.1) is 0 Å². The summed E-state index contributed by atoms with van der Waals surface area (Å²) in [7, 11) is -3.19. The van der Waals surface area contributed by atoms with Crippen LogP contribution in [0.4, 0.5) is 5.69 Å². The van der Waals surface area contributed by atoms with Gasteiger partial charge in [0.25, 0.3) is 0 Å². The molecule has 1 heterocycles. The van der Waals surface area contributed by atoms with E-state index in [9.17, 15) is 8.42 Å². The van der Waals surface area contributed by atoms with E-state index in [1.54, 1.807) is 45.2 Å². The summed E-state index contributed by atoms with van der Waals surface area (Å²) < 4.78 is 28.9. The normalized spacial score (nSPS) is 12.5. The van der Waals surface area contributed by atoms with E-state index in [-0.39, 0.29) is 12.4 Å². The lowest BCUT2D eigenvalue weighted by molar-refractivity contribution is 0.343. The van der Waals surface area contributed by atoms with Gasteiger partial charge in [-0.3, -0.25) is 4.98 Å². The Morgan fingerprint density at radius 2 is 1.95 bits per heavy atom. The molecule has 2 rings (SSSR count). The second-order valence-electron chi connectivity index (χ2n) is 5.83. The molecule has 0 saturated heterocycles. The molecule has 0 radical (unpaired) electrons. The first-order valence-electron chi connectivity index (χ1n) is 6.71. The number of rotatable bonds is 4. The third-order valence-electron chi connectivity index (χ3n) is 3.30. The Morgan fingerprint density at radius 3 is 2.62 bits per heavy atom. The van der Waals surface area contributed by atoms with Gasteiger partial charge in [-0.2, -0.15) is 0 Å². The fraction of sp³-hybridized carbons (Fsp3) is 0.400. The van der Waals surface area contributed by atoms with E-state index in [0.29, 0.717) is 17.0 Å². The van der Waals surface area contributed by atoms with Gasteiger partial charge in [-0.25, -0.2) is 8.42 Å².